The van der Waals surface area contributed by atoms with Gasteiger partial charge < -0.3 is 4.57 Å². The third kappa shape index (κ3) is 3.25. The summed E-state index contributed by atoms with van der Waals surface area (Å²) in [6.45, 7) is 3.75. The van der Waals surface area contributed by atoms with E-state index in [4.69, 9.17) is 0 Å². The predicted octanol–water partition coefficient (Wildman–Crippen LogP) is 1.90. The second kappa shape index (κ2) is 6.82. The molecule has 1 aliphatic rings. The van der Waals surface area contributed by atoms with E-state index in [0.717, 1.165) is 31.3 Å². The molecule has 1 saturated heterocycles. The lowest BCUT2D eigenvalue weighted by Crippen LogP contribution is -2.34. The smallest absolute Gasteiger partial charge is 0.154 e. The van der Waals surface area contributed by atoms with Crippen LogP contribution in [0.15, 0.2) is 30.0 Å². The van der Waals surface area contributed by atoms with E-state index in [-0.39, 0.29) is 0 Å². The topological polar surface area (TPSA) is 64.7 Å². The Balaban J connectivity index is 1.46. The fourth-order valence-electron chi connectivity index (χ4n) is 3.34. The SMILES string of the molecule is Cn1c(Cn2cccn2)nnc1[C@@H]1CCCN(Cc2nccs2)C1. The highest BCUT2D eigenvalue weighted by Gasteiger charge is 2.26. The molecule has 4 heterocycles. The van der Waals surface area contributed by atoms with Crippen molar-refractivity contribution >= 4 is 11.3 Å². The first kappa shape index (κ1) is 15.5. The molecule has 0 amide bonds. The van der Waals surface area contributed by atoms with Gasteiger partial charge >= 0.3 is 0 Å². The molecule has 0 N–H and O–H groups in total. The molecule has 0 radical (unpaired) electrons. The number of hydrogen-bond donors (Lipinski definition) is 0. The first-order valence-electron chi connectivity index (χ1n) is 8.26. The van der Waals surface area contributed by atoms with Crippen LogP contribution in [0, 0.1) is 0 Å². The van der Waals surface area contributed by atoms with Gasteiger partial charge in [-0.15, -0.1) is 21.5 Å². The van der Waals surface area contributed by atoms with E-state index in [1.54, 1.807) is 17.5 Å². The van der Waals surface area contributed by atoms with Crippen LogP contribution >= 0.6 is 11.3 Å². The Morgan fingerprint density at radius 3 is 3.00 bits per heavy atom. The number of rotatable bonds is 5. The zero-order chi connectivity index (χ0) is 16.4. The molecule has 0 saturated carbocycles. The van der Waals surface area contributed by atoms with Crippen LogP contribution in [0.5, 0.6) is 0 Å². The molecule has 0 aromatic carbocycles. The third-order valence-electron chi connectivity index (χ3n) is 4.57. The average molecular weight is 343 g/mol. The second-order valence-corrected chi connectivity index (χ2v) is 7.22. The van der Waals surface area contributed by atoms with Gasteiger partial charge in [-0.1, -0.05) is 0 Å². The normalized spacial score (nSPS) is 19.0. The van der Waals surface area contributed by atoms with Gasteiger partial charge in [0.1, 0.15) is 17.4 Å². The highest BCUT2D eigenvalue weighted by molar-refractivity contribution is 7.09. The number of nitrogens with zero attached hydrogens (tertiary/aromatic N) is 7. The Bertz CT molecular complexity index is 763. The van der Waals surface area contributed by atoms with Gasteiger partial charge in [0.15, 0.2) is 5.82 Å². The zero-order valence-corrected chi connectivity index (χ0v) is 14.6. The van der Waals surface area contributed by atoms with Gasteiger partial charge in [0.05, 0.1) is 6.54 Å². The van der Waals surface area contributed by atoms with Gasteiger partial charge in [-0.3, -0.25) is 9.58 Å². The second-order valence-electron chi connectivity index (χ2n) is 6.24. The molecule has 3 aromatic rings. The Hall–Kier alpha value is -2.06. The molecule has 0 bridgehead atoms. The van der Waals surface area contributed by atoms with Crippen LogP contribution in [-0.2, 0) is 20.1 Å². The third-order valence-corrected chi connectivity index (χ3v) is 5.34. The zero-order valence-electron chi connectivity index (χ0n) is 13.7. The molecule has 8 heteroatoms. The van der Waals surface area contributed by atoms with E-state index in [2.05, 4.69) is 36.8 Å². The summed E-state index contributed by atoms with van der Waals surface area (Å²) in [5, 5.41) is 16.4. The number of hydrogen-bond acceptors (Lipinski definition) is 6. The molecule has 24 heavy (non-hydrogen) atoms. The molecule has 7 nitrogen and oxygen atoms in total. The lowest BCUT2D eigenvalue weighted by molar-refractivity contribution is 0.195. The maximum atomic E-state index is 4.48. The monoisotopic (exact) mass is 343 g/mol. The molecule has 0 spiro atoms. The maximum Gasteiger partial charge on any atom is 0.154 e. The van der Waals surface area contributed by atoms with Crippen molar-refractivity contribution in [2.45, 2.75) is 31.8 Å². The summed E-state index contributed by atoms with van der Waals surface area (Å²) < 4.78 is 4.02. The predicted molar refractivity (Wildman–Crippen MR) is 91.7 cm³/mol. The molecule has 0 aliphatic carbocycles. The minimum absolute atomic E-state index is 0.433. The van der Waals surface area contributed by atoms with E-state index < -0.39 is 0 Å². The van der Waals surface area contributed by atoms with Crippen molar-refractivity contribution < 1.29 is 0 Å². The number of piperidine rings is 1. The molecule has 1 fully saturated rings. The first-order chi connectivity index (χ1) is 11.8. The average Bonchev–Trinajstić information content (AvgIpc) is 3.33. The molecule has 1 aliphatic heterocycles. The maximum absolute atomic E-state index is 4.48. The van der Waals surface area contributed by atoms with Crippen LogP contribution in [-0.4, -0.2) is 47.5 Å². The summed E-state index contributed by atoms with van der Waals surface area (Å²) >= 11 is 1.73. The van der Waals surface area contributed by atoms with Gasteiger partial charge in [-0.05, 0) is 25.5 Å². The molecule has 3 aromatic heterocycles. The van der Waals surface area contributed by atoms with Crippen LogP contribution in [0.2, 0.25) is 0 Å². The largest absolute Gasteiger partial charge is 0.316 e. The number of thiazole rings is 1. The quantitative estimate of drug-likeness (QED) is 0.708. The first-order valence-corrected chi connectivity index (χ1v) is 9.14. The Labute approximate surface area is 145 Å². The molecule has 0 unspecified atom stereocenters. The number of aromatic nitrogens is 6. The molecule has 4 rings (SSSR count). The Kier molecular flexibility index (Phi) is 4.40. The summed E-state index contributed by atoms with van der Waals surface area (Å²) in [6.07, 6.45) is 7.98. The highest BCUT2D eigenvalue weighted by atomic mass is 32.1. The summed E-state index contributed by atoms with van der Waals surface area (Å²) in [7, 11) is 2.06. The van der Waals surface area contributed by atoms with Crippen LogP contribution in [0.25, 0.3) is 0 Å². The lowest BCUT2D eigenvalue weighted by Gasteiger charge is -2.31. The summed E-state index contributed by atoms with van der Waals surface area (Å²) in [4.78, 5) is 6.89. The standard InChI is InChI=1S/C16H21N7S/c1-21-14(11-23-8-3-5-18-23)19-20-16(21)13-4-2-7-22(10-13)12-15-17-6-9-24-15/h3,5-6,8-9,13H,2,4,7,10-12H2,1H3/t13-/m1/s1. The Morgan fingerprint density at radius 1 is 1.25 bits per heavy atom. The number of likely N-dealkylation sites (tertiary alicyclic amines) is 1. The minimum Gasteiger partial charge on any atom is -0.316 e. The van der Waals surface area contributed by atoms with Crippen LogP contribution in [0.1, 0.15) is 35.4 Å². The fourth-order valence-corrected chi connectivity index (χ4v) is 4.00. The van der Waals surface area contributed by atoms with Gasteiger partial charge in [-0.25, -0.2) is 4.98 Å². The molecule has 126 valence electrons. The van der Waals surface area contributed by atoms with Crippen molar-refractivity contribution in [2.24, 2.45) is 7.05 Å². The molecule has 1 atom stereocenters. The van der Waals surface area contributed by atoms with Crippen molar-refractivity contribution in [3.05, 3.63) is 46.7 Å². The van der Waals surface area contributed by atoms with Crippen LogP contribution in [0.4, 0.5) is 0 Å². The van der Waals surface area contributed by atoms with E-state index in [0.29, 0.717) is 12.5 Å². The van der Waals surface area contributed by atoms with Crippen LogP contribution < -0.4 is 0 Å². The van der Waals surface area contributed by atoms with Gasteiger partial charge in [0.2, 0.25) is 0 Å². The highest BCUT2D eigenvalue weighted by Crippen LogP contribution is 2.27. The summed E-state index contributed by atoms with van der Waals surface area (Å²) in [5.74, 6) is 2.47. The van der Waals surface area contributed by atoms with E-state index in [1.165, 1.54) is 17.8 Å². The van der Waals surface area contributed by atoms with Crippen LogP contribution in [0.3, 0.4) is 0 Å². The summed E-state index contributed by atoms with van der Waals surface area (Å²) in [6, 6.07) is 1.93. The van der Waals surface area contributed by atoms with Gasteiger partial charge in [-0.2, -0.15) is 5.10 Å². The lowest BCUT2D eigenvalue weighted by atomic mass is 9.97. The van der Waals surface area contributed by atoms with Gasteiger partial charge in [0.25, 0.3) is 0 Å². The fraction of sp³-hybridized carbons (Fsp3) is 0.500. The van der Waals surface area contributed by atoms with Crippen molar-refractivity contribution in [1.82, 2.24) is 34.4 Å². The van der Waals surface area contributed by atoms with E-state index >= 15 is 0 Å². The van der Waals surface area contributed by atoms with E-state index in [9.17, 15) is 0 Å². The summed E-state index contributed by atoms with van der Waals surface area (Å²) in [5.41, 5.74) is 0. The van der Waals surface area contributed by atoms with Crippen molar-refractivity contribution in [3.8, 4) is 0 Å². The molecular weight excluding hydrogens is 322 g/mol. The van der Waals surface area contributed by atoms with Gasteiger partial charge in [0, 0.05) is 43.5 Å². The van der Waals surface area contributed by atoms with Crippen molar-refractivity contribution in [2.75, 3.05) is 13.1 Å². The van der Waals surface area contributed by atoms with Crippen molar-refractivity contribution in [3.63, 3.8) is 0 Å². The Morgan fingerprint density at radius 2 is 2.21 bits per heavy atom. The van der Waals surface area contributed by atoms with Crippen molar-refractivity contribution in [1.29, 1.82) is 0 Å². The minimum atomic E-state index is 0.433. The molecular formula is C16H21N7S. The van der Waals surface area contributed by atoms with E-state index in [1.807, 2.05) is 28.5 Å².